The molecule has 118 valence electrons. The molecule has 0 unspecified atom stereocenters. The number of thiophene rings is 1. The Bertz CT molecular complexity index is 713. The van der Waals surface area contributed by atoms with E-state index < -0.39 is 10.0 Å². The van der Waals surface area contributed by atoms with Crippen LogP contribution in [0.5, 0.6) is 0 Å². The van der Waals surface area contributed by atoms with Crippen molar-refractivity contribution in [2.24, 2.45) is 0 Å². The molecule has 0 aliphatic carbocycles. The first-order valence-electron chi connectivity index (χ1n) is 6.52. The Labute approximate surface area is 138 Å². The first kappa shape index (κ1) is 17.0. The van der Waals surface area contributed by atoms with Gasteiger partial charge in [-0.2, -0.15) is 0 Å². The van der Waals surface area contributed by atoms with E-state index in [0.29, 0.717) is 11.4 Å². The highest BCUT2D eigenvalue weighted by Crippen LogP contribution is 2.13. The lowest BCUT2D eigenvalue weighted by molar-refractivity contribution is -0.120. The standard InChI is InChI=1S/C14H15ClN2O3S2/c15-11-3-5-13(6-4-11)22(19,20)17-8-7-16-14(18)10-12-2-1-9-21-12/h1-6,9,17H,7-8,10H2,(H,16,18). The van der Waals surface area contributed by atoms with Crippen LogP contribution in [0.3, 0.4) is 0 Å². The van der Waals surface area contributed by atoms with Crippen molar-refractivity contribution in [1.29, 1.82) is 0 Å². The molecule has 2 aromatic rings. The molecular weight excluding hydrogens is 344 g/mol. The third-order valence-electron chi connectivity index (χ3n) is 2.78. The van der Waals surface area contributed by atoms with Crippen LogP contribution in [0.2, 0.25) is 5.02 Å². The zero-order valence-corrected chi connectivity index (χ0v) is 14.0. The Kier molecular flexibility index (Phi) is 5.96. The Morgan fingerprint density at radius 1 is 1.14 bits per heavy atom. The van der Waals surface area contributed by atoms with E-state index in [4.69, 9.17) is 11.6 Å². The molecule has 0 radical (unpaired) electrons. The van der Waals surface area contributed by atoms with Gasteiger partial charge in [0.25, 0.3) is 0 Å². The number of hydrogen-bond acceptors (Lipinski definition) is 4. The second-order valence-corrected chi connectivity index (χ2v) is 7.69. The zero-order valence-electron chi connectivity index (χ0n) is 11.6. The summed E-state index contributed by atoms with van der Waals surface area (Å²) in [5, 5.41) is 5.05. The highest BCUT2D eigenvalue weighted by molar-refractivity contribution is 7.89. The van der Waals surface area contributed by atoms with Gasteiger partial charge in [-0.1, -0.05) is 17.7 Å². The predicted octanol–water partition coefficient (Wildman–Crippen LogP) is 2.04. The minimum absolute atomic E-state index is 0.126. The number of carbonyl (C=O) groups excluding carboxylic acids is 1. The van der Waals surface area contributed by atoms with Crippen LogP contribution >= 0.6 is 22.9 Å². The predicted molar refractivity (Wildman–Crippen MR) is 87.7 cm³/mol. The molecule has 0 aliphatic heterocycles. The van der Waals surface area contributed by atoms with Gasteiger partial charge in [-0.3, -0.25) is 4.79 Å². The van der Waals surface area contributed by atoms with Crippen LogP contribution in [0.15, 0.2) is 46.7 Å². The summed E-state index contributed by atoms with van der Waals surface area (Å²) in [5.41, 5.74) is 0. The Balaban J connectivity index is 1.76. The molecule has 0 saturated heterocycles. The maximum absolute atomic E-state index is 12.0. The van der Waals surface area contributed by atoms with E-state index in [0.717, 1.165) is 4.88 Å². The number of carbonyl (C=O) groups is 1. The molecule has 2 N–H and O–H groups in total. The minimum atomic E-state index is -3.58. The fourth-order valence-corrected chi connectivity index (χ4v) is 3.58. The van der Waals surface area contributed by atoms with Crippen molar-refractivity contribution in [3.8, 4) is 0 Å². The number of halogens is 1. The quantitative estimate of drug-likeness (QED) is 0.744. The summed E-state index contributed by atoms with van der Waals surface area (Å²) in [6.07, 6.45) is 0.307. The monoisotopic (exact) mass is 358 g/mol. The zero-order chi connectivity index (χ0) is 16.0. The fraction of sp³-hybridized carbons (Fsp3) is 0.214. The van der Waals surface area contributed by atoms with Crippen molar-refractivity contribution in [2.45, 2.75) is 11.3 Å². The normalized spacial score (nSPS) is 11.3. The highest BCUT2D eigenvalue weighted by Gasteiger charge is 2.13. The van der Waals surface area contributed by atoms with Crippen molar-refractivity contribution in [3.05, 3.63) is 51.7 Å². The molecule has 5 nitrogen and oxygen atoms in total. The number of nitrogens with one attached hydrogen (secondary N) is 2. The van der Waals surface area contributed by atoms with Crippen molar-refractivity contribution in [2.75, 3.05) is 13.1 Å². The molecule has 22 heavy (non-hydrogen) atoms. The van der Waals surface area contributed by atoms with E-state index in [1.54, 1.807) is 0 Å². The third-order valence-corrected chi connectivity index (χ3v) is 5.38. The van der Waals surface area contributed by atoms with Crippen LogP contribution < -0.4 is 10.0 Å². The molecule has 2 rings (SSSR count). The van der Waals surface area contributed by atoms with Crippen molar-refractivity contribution >= 4 is 38.9 Å². The van der Waals surface area contributed by atoms with E-state index in [1.807, 2.05) is 17.5 Å². The van der Waals surface area contributed by atoms with Gasteiger partial charge >= 0.3 is 0 Å². The summed E-state index contributed by atoms with van der Waals surface area (Å²) in [7, 11) is -3.58. The molecule has 1 aromatic carbocycles. The summed E-state index contributed by atoms with van der Waals surface area (Å²) >= 11 is 7.23. The van der Waals surface area contributed by atoms with Gasteiger partial charge in [0.1, 0.15) is 0 Å². The van der Waals surface area contributed by atoms with Gasteiger partial charge < -0.3 is 5.32 Å². The average Bonchev–Trinajstić information content (AvgIpc) is 2.97. The van der Waals surface area contributed by atoms with E-state index in [1.165, 1.54) is 35.6 Å². The molecule has 0 fully saturated rings. The van der Waals surface area contributed by atoms with E-state index in [9.17, 15) is 13.2 Å². The molecule has 0 bridgehead atoms. The molecule has 0 spiro atoms. The third kappa shape index (κ3) is 5.10. The summed E-state index contributed by atoms with van der Waals surface area (Å²) < 4.78 is 26.4. The van der Waals surface area contributed by atoms with Gasteiger partial charge in [-0.15, -0.1) is 11.3 Å². The van der Waals surface area contributed by atoms with Crippen LogP contribution in [0.4, 0.5) is 0 Å². The van der Waals surface area contributed by atoms with Gasteiger partial charge in [0, 0.05) is 23.0 Å². The van der Waals surface area contributed by atoms with Gasteiger partial charge in [-0.25, -0.2) is 13.1 Å². The van der Waals surface area contributed by atoms with E-state index in [-0.39, 0.29) is 23.9 Å². The molecule has 1 heterocycles. The SMILES string of the molecule is O=C(Cc1cccs1)NCCNS(=O)(=O)c1ccc(Cl)cc1. The Hall–Kier alpha value is -1.41. The topological polar surface area (TPSA) is 75.3 Å². The lowest BCUT2D eigenvalue weighted by Crippen LogP contribution is -2.35. The molecule has 1 amide bonds. The van der Waals surface area contributed by atoms with Crippen LogP contribution in [0.1, 0.15) is 4.88 Å². The molecular formula is C14H15ClN2O3S2. The fourth-order valence-electron chi connectivity index (χ4n) is 1.72. The van der Waals surface area contributed by atoms with Crippen molar-refractivity contribution in [1.82, 2.24) is 10.0 Å². The maximum Gasteiger partial charge on any atom is 0.240 e. The summed E-state index contributed by atoms with van der Waals surface area (Å²) in [4.78, 5) is 12.8. The second kappa shape index (κ2) is 7.73. The number of rotatable bonds is 7. The summed E-state index contributed by atoms with van der Waals surface area (Å²) in [5.74, 6) is -0.131. The number of amides is 1. The van der Waals surface area contributed by atoms with Crippen LogP contribution in [0, 0.1) is 0 Å². The molecule has 0 atom stereocenters. The molecule has 0 aliphatic rings. The van der Waals surface area contributed by atoms with Crippen LogP contribution in [-0.2, 0) is 21.2 Å². The van der Waals surface area contributed by atoms with Gasteiger partial charge in [0.15, 0.2) is 0 Å². The number of sulfonamides is 1. The lowest BCUT2D eigenvalue weighted by Gasteiger charge is -2.08. The molecule has 8 heteroatoms. The van der Waals surface area contributed by atoms with Gasteiger partial charge in [0.05, 0.1) is 11.3 Å². The van der Waals surface area contributed by atoms with Crippen molar-refractivity contribution in [3.63, 3.8) is 0 Å². The van der Waals surface area contributed by atoms with E-state index in [2.05, 4.69) is 10.0 Å². The first-order valence-corrected chi connectivity index (χ1v) is 9.26. The Morgan fingerprint density at radius 3 is 2.50 bits per heavy atom. The number of benzene rings is 1. The van der Waals surface area contributed by atoms with Crippen molar-refractivity contribution < 1.29 is 13.2 Å². The van der Waals surface area contributed by atoms with E-state index >= 15 is 0 Å². The highest BCUT2D eigenvalue weighted by atomic mass is 35.5. The largest absolute Gasteiger partial charge is 0.354 e. The lowest BCUT2D eigenvalue weighted by atomic mass is 10.3. The second-order valence-electron chi connectivity index (χ2n) is 4.46. The average molecular weight is 359 g/mol. The summed E-state index contributed by atoms with van der Waals surface area (Å²) in [6.45, 7) is 0.359. The maximum atomic E-state index is 12.0. The van der Waals surface area contributed by atoms with Gasteiger partial charge in [0.2, 0.25) is 15.9 Å². The van der Waals surface area contributed by atoms with Crippen LogP contribution in [0.25, 0.3) is 0 Å². The Morgan fingerprint density at radius 2 is 1.86 bits per heavy atom. The first-order chi connectivity index (χ1) is 10.5. The smallest absolute Gasteiger partial charge is 0.240 e. The molecule has 1 aromatic heterocycles. The molecule has 0 saturated carbocycles. The number of hydrogen-bond donors (Lipinski definition) is 2. The summed E-state index contributed by atoms with van der Waals surface area (Å²) in [6, 6.07) is 9.65. The minimum Gasteiger partial charge on any atom is -0.354 e. The van der Waals surface area contributed by atoms with Gasteiger partial charge in [-0.05, 0) is 35.7 Å². The van der Waals surface area contributed by atoms with Crippen LogP contribution in [-0.4, -0.2) is 27.4 Å².